The lowest BCUT2D eigenvalue weighted by atomic mass is 10.3. The molecular weight excluding hydrogens is 368 g/mol. The van der Waals surface area contributed by atoms with E-state index in [1.54, 1.807) is 0 Å². The molecule has 5 N–H and O–H groups in total. The lowest BCUT2D eigenvalue weighted by Crippen LogP contribution is -2.44. The van der Waals surface area contributed by atoms with Gasteiger partial charge in [-0.2, -0.15) is 0 Å². The molecule has 2 saturated heterocycles. The number of hydrogen-bond acceptors (Lipinski definition) is 7. The number of carboxylic acid groups (broad SMARTS) is 3. The van der Waals surface area contributed by atoms with E-state index >= 15 is 0 Å². The second-order valence-corrected chi connectivity index (χ2v) is 6.70. The molecule has 10 heteroatoms. The molecule has 2 heterocycles. The molecule has 0 aromatic heterocycles. The van der Waals surface area contributed by atoms with Crippen molar-refractivity contribution in [1.82, 2.24) is 20.7 Å². The molecule has 0 radical (unpaired) electrons. The molecule has 0 amide bonds. The third-order valence-electron chi connectivity index (χ3n) is 2.59. The van der Waals surface area contributed by atoms with Crippen LogP contribution in [0.1, 0.15) is 41.5 Å². The summed E-state index contributed by atoms with van der Waals surface area (Å²) in [5.74, 6) is -1.67. The van der Waals surface area contributed by atoms with Gasteiger partial charge in [-0.05, 0) is 5.92 Å². The summed E-state index contributed by atoms with van der Waals surface area (Å²) in [5.41, 5.74) is 0. The van der Waals surface area contributed by atoms with Crippen LogP contribution >= 0.6 is 0 Å². The van der Waals surface area contributed by atoms with Crippen LogP contribution in [0, 0.1) is 5.92 Å². The second kappa shape index (κ2) is 21.5. The van der Waals surface area contributed by atoms with Crippen molar-refractivity contribution in [3.05, 3.63) is 0 Å². The summed E-state index contributed by atoms with van der Waals surface area (Å²) in [6.45, 7) is 19.0. The van der Waals surface area contributed by atoms with E-state index in [-0.39, 0.29) is 0 Å². The van der Waals surface area contributed by atoms with Crippen molar-refractivity contribution in [2.75, 3.05) is 52.4 Å². The zero-order valence-electron chi connectivity index (χ0n) is 18.2. The SMILES string of the molecule is C1CN2CCNCCN2CCN1.CC(=O)O.CC(=O)O.CC(=O)O.CC(C)C. The summed E-state index contributed by atoms with van der Waals surface area (Å²) in [4.78, 5) is 27.0. The van der Waals surface area contributed by atoms with Gasteiger partial charge >= 0.3 is 0 Å². The zero-order valence-corrected chi connectivity index (χ0v) is 18.2. The largest absolute Gasteiger partial charge is 0.481 e. The van der Waals surface area contributed by atoms with Gasteiger partial charge in [0.2, 0.25) is 0 Å². The zero-order chi connectivity index (χ0) is 22.5. The first-order valence-corrected chi connectivity index (χ1v) is 9.39. The number of aliphatic carboxylic acids is 3. The molecular formula is C18H40N4O6. The predicted octanol–water partition coefficient (Wildman–Crippen LogP) is 0.647. The van der Waals surface area contributed by atoms with Gasteiger partial charge in [-0.3, -0.25) is 14.4 Å². The third kappa shape index (κ3) is 39.4. The maximum absolute atomic E-state index is 9.00. The van der Waals surface area contributed by atoms with E-state index in [9.17, 15) is 0 Å². The summed E-state index contributed by atoms with van der Waals surface area (Å²) >= 11 is 0. The Kier molecular flexibility index (Phi) is 23.8. The van der Waals surface area contributed by atoms with E-state index in [4.69, 9.17) is 29.7 Å². The lowest BCUT2D eigenvalue weighted by molar-refractivity contribution is -0.135. The number of hydrazine groups is 1. The van der Waals surface area contributed by atoms with E-state index in [1.807, 2.05) is 0 Å². The number of carboxylic acids is 3. The van der Waals surface area contributed by atoms with Gasteiger partial charge in [0.1, 0.15) is 0 Å². The van der Waals surface area contributed by atoms with Crippen molar-refractivity contribution in [2.24, 2.45) is 5.92 Å². The van der Waals surface area contributed by atoms with Crippen LogP contribution in [0.2, 0.25) is 0 Å². The Hall–Kier alpha value is -1.75. The van der Waals surface area contributed by atoms with Crippen LogP contribution in [0.15, 0.2) is 0 Å². The number of carbonyl (C=O) groups is 3. The van der Waals surface area contributed by atoms with Crippen LogP contribution in [0.4, 0.5) is 0 Å². The van der Waals surface area contributed by atoms with Crippen molar-refractivity contribution in [2.45, 2.75) is 41.5 Å². The molecule has 0 atom stereocenters. The average Bonchev–Trinajstić information content (AvgIpc) is 2.81. The molecule has 0 spiro atoms. The molecule has 10 nitrogen and oxygen atoms in total. The molecule has 28 heavy (non-hydrogen) atoms. The molecule has 168 valence electrons. The van der Waals surface area contributed by atoms with Gasteiger partial charge < -0.3 is 26.0 Å². The number of hydrogen-bond donors (Lipinski definition) is 5. The summed E-state index contributed by atoms with van der Waals surface area (Å²) in [5, 5.41) is 34.0. The Labute approximate surface area is 168 Å². The molecule has 0 aromatic carbocycles. The first kappa shape index (κ1) is 31.0. The highest BCUT2D eigenvalue weighted by atomic mass is 16.4. The van der Waals surface area contributed by atoms with Crippen LogP contribution < -0.4 is 10.6 Å². The Morgan fingerprint density at radius 1 is 0.643 bits per heavy atom. The van der Waals surface area contributed by atoms with Crippen molar-refractivity contribution < 1.29 is 29.7 Å². The summed E-state index contributed by atoms with van der Waals surface area (Å²) in [6.07, 6.45) is 0. The average molecular weight is 409 g/mol. The van der Waals surface area contributed by atoms with Crippen LogP contribution in [0.3, 0.4) is 0 Å². The van der Waals surface area contributed by atoms with Gasteiger partial charge in [0.05, 0.1) is 0 Å². The molecule has 0 unspecified atom stereocenters. The van der Waals surface area contributed by atoms with Gasteiger partial charge in [-0.15, -0.1) is 0 Å². The molecule has 2 fully saturated rings. The van der Waals surface area contributed by atoms with Gasteiger partial charge in [-0.25, -0.2) is 10.0 Å². The Morgan fingerprint density at radius 2 is 0.786 bits per heavy atom. The summed E-state index contributed by atoms with van der Waals surface area (Å²) in [6, 6.07) is 0. The standard InChI is InChI=1S/C8H18N4.C4H10.3C2H4O2/c1-5-11-7-3-10-4-8-12(11)6-2-9-1;1-4(2)3;3*1-2(3)4/h9-10H,1-8H2;4H,1-3H3;3*1H3,(H,3,4). The number of nitrogens with one attached hydrogen (secondary N) is 2. The summed E-state index contributed by atoms with van der Waals surface area (Å²) < 4.78 is 0. The van der Waals surface area contributed by atoms with Crippen molar-refractivity contribution in [3.63, 3.8) is 0 Å². The van der Waals surface area contributed by atoms with Gasteiger partial charge in [0.25, 0.3) is 17.9 Å². The van der Waals surface area contributed by atoms with Crippen LogP contribution in [0.25, 0.3) is 0 Å². The molecule has 0 aromatic rings. The Balaban J connectivity index is -0.000000328. The van der Waals surface area contributed by atoms with E-state index in [1.165, 1.54) is 26.2 Å². The number of fused-ring (bicyclic) bond motifs is 1. The van der Waals surface area contributed by atoms with Crippen molar-refractivity contribution in [3.8, 4) is 0 Å². The minimum absolute atomic E-state index is 0.833. The minimum atomic E-state index is -0.833. The van der Waals surface area contributed by atoms with Crippen molar-refractivity contribution in [1.29, 1.82) is 0 Å². The van der Waals surface area contributed by atoms with Crippen LogP contribution in [0.5, 0.6) is 0 Å². The lowest BCUT2D eigenvalue weighted by Gasteiger charge is -2.30. The smallest absolute Gasteiger partial charge is 0.300 e. The minimum Gasteiger partial charge on any atom is -0.481 e. The van der Waals surface area contributed by atoms with E-state index in [0.29, 0.717) is 0 Å². The molecule has 2 rings (SSSR count). The first-order valence-electron chi connectivity index (χ1n) is 9.39. The van der Waals surface area contributed by atoms with Crippen LogP contribution in [-0.2, 0) is 14.4 Å². The topological polar surface area (TPSA) is 142 Å². The van der Waals surface area contributed by atoms with E-state index in [2.05, 4.69) is 41.4 Å². The fourth-order valence-electron chi connectivity index (χ4n) is 1.87. The number of nitrogens with zero attached hydrogens (tertiary/aromatic N) is 2. The second-order valence-electron chi connectivity index (χ2n) is 6.70. The monoisotopic (exact) mass is 408 g/mol. The molecule has 0 aliphatic carbocycles. The van der Waals surface area contributed by atoms with E-state index < -0.39 is 17.9 Å². The molecule has 0 bridgehead atoms. The normalized spacial score (nSPS) is 16.4. The first-order chi connectivity index (χ1) is 12.9. The highest BCUT2D eigenvalue weighted by Gasteiger charge is 2.18. The highest BCUT2D eigenvalue weighted by Crippen LogP contribution is 2.01. The van der Waals surface area contributed by atoms with Crippen molar-refractivity contribution >= 4 is 17.9 Å². The van der Waals surface area contributed by atoms with E-state index in [0.717, 1.165) is 52.9 Å². The van der Waals surface area contributed by atoms with Gasteiger partial charge in [-0.1, -0.05) is 20.8 Å². The third-order valence-corrected chi connectivity index (χ3v) is 2.59. The van der Waals surface area contributed by atoms with Gasteiger partial charge in [0.15, 0.2) is 0 Å². The quantitative estimate of drug-likeness (QED) is 0.387. The molecule has 0 saturated carbocycles. The predicted molar refractivity (Wildman–Crippen MR) is 109 cm³/mol. The Morgan fingerprint density at radius 3 is 0.929 bits per heavy atom. The Bertz CT molecular complexity index is 336. The van der Waals surface area contributed by atoms with Crippen LogP contribution in [-0.4, -0.2) is 95.6 Å². The number of rotatable bonds is 0. The van der Waals surface area contributed by atoms with Gasteiger partial charge in [0, 0.05) is 73.1 Å². The maximum atomic E-state index is 9.00. The fourth-order valence-corrected chi connectivity index (χ4v) is 1.87. The summed E-state index contributed by atoms with van der Waals surface area (Å²) in [7, 11) is 0. The fraction of sp³-hybridized carbons (Fsp3) is 0.833. The molecule has 2 aliphatic heterocycles. The maximum Gasteiger partial charge on any atom is 0.300 e. The molecule has 2 aliphatic rings. The highest BCUT2D eigenvalue weighted by molar-refractivity contribution is 5.63.